The van der Waals surface area contributed by atoms with Crippen LogP contribution in [0.1, 0.15) is 11.1 Å². The molecule has 0 aliphatic carbocycles. The van der Waals surface area contributed by atoms with E-state index in [2.05, 4.69) is 16.4 Å². The molecule has 0 aliphatic heterocycles. The molecule has 0 saturated carbocycles. The predicted molar refractivity (Wildman–Crippen MR) is 50.8 cm³/mol. The second-order valence-corrected chi connectivity index (χ2v) is 2.93. The molecule has 0 saturated heterocycles. The van der Waals surface area contributed by atoms with Crippen LogP contribution in [0.4, 0.5) is 0 Å². The molecule has 0 bridgehead atoms. The van der Waals surface area contributed by atoms with E-state index < -0.39 is 0 Å². The summed E-state index contributed by atoms with van der Waals surface area (Å²) < 4.78 is 1.59. The van der Waals surface area contributed by atoms with E-state index in [9.17, 15) is 0 Å². The van der Waals surface area contributed by atoms with Crippen LogP contribution in [0.2, 0.25) is 0 Å². The maximum absolute atomic E-state index is 8.99. The van der Waals surface area contributed by atoms with E-state index in [0.29, 0.717) is 5.56 Å². The number of aryl methyl sites for hydroxylation is 1. The minimum absolute atomic E-state index is 0.637. The Hall–Kier alpha value is -2.15. The Morgan fingerprint density at radius 3 is 2.93 bits per heavy atom. The molecule has 1 aromatic heterocycles. The number of nitriles is 1. The van der Waals surface area contributed by atoms with E-state index in [1.807, 2.05) is 25.1 Å². The summed E-state index contributed by atoms with van der Waals surface area (Å²) in [5, 5.41) is 16.5. The summed E-state index contributed by atoms with van der Waals surface area (Å²) in [5.74, 6) is 0. The molecule has 1 heterocycles. The number of hydrogen-bond acceptors (Lipinski definition) is 3. The Labute approximate surface area is 81.4 Å². The summed E-state index contributed by atoms with van der Waals surface area (Å²) >= 11 is 0. The van der Waals surface area contributed by atoms with Crippen molar-refractivity contribution in [3.05, 3.63) is 41.7 Å². The van der Waals surface area contributed by atoms with Gasteiger partial charge in [-0.2, -0.15) is 5.26 Å². The Morgan fingerprint density at radius 1 is 1.43 bits per heavy atom. The number of hydrogen-bond donors (Lipinski definition) is 0. The summed E-state index contributed by atoms with van der Waals surface area (Å²) in [6, 6.07) is 7.81. The third kappa shape index (κ3) is 1.25. The molecule has 0 unspecified atom stereocenters. The largest absolute Gasteiger partial charge is 0.219 e. The predicted octanol–water partition coefficient (Wildman–Crippen LogP) is 1.45. The van der Waals surface area contributed by atoms with Crippen molar-refractivity contribution >= 4 is 0 Å². The van der Waals surface area contributed by atoms with Crippen LogP contribution in [0, 0.1) is 18.3 Å². The van der Waals surface area contributed by atoms with Crippen LogP contribution in [0.15, 0.2) is 30.6 Å². The van der Waals surface area contributed by atoms with Crippen molar-refractivity contribution in [2.24, 2.45) is 0 Å². The highest BCUT2D eigenvalue weighted by Gasteiger charge is 2.06. The highest BCUT2D eigenvalue weighted by molar-refractivity contribution is 5.52. The Kier molecular flexibility index (Phi) is 1.99. The average Bonchev–Trinajstić information content (AvgIpc) is 2.70. The van der Waals surface area contributed by atoms with E-state index in [-0.39, 0.29) is 0 Å². The first-order chi connectivity index (χ1) is 6.83. The monoisotopic (exact) mass is 184 g/mol. The van der Waals surface area contributed by atoms with E-state index in [4.69, 9.17) is 5.26 Å². The highest BCUT2D eigenvalue weighted by atomic mass is 15.4. The van der Waals surface area contributed by atoms with E-state index in [1.54, 1.807) is 17.1 Å². The van der Waals surface area contributed by atoms with Crippen LogP contribution >= 0.6 is 0 Å². The smallest absolute Gasteiger partial charge is 0.102 e. The zero-order valence-electron chi connectivity index (χ0n) is 7.68. The summed E-state index contributed by atoms with van der Waals surface area (Å²) in [4.78, 5) is 0. The molecule has 0 aliphatic rings. The molecule has 0 spiro atoms. The van der Waals surface area contributed by atoms with Gasteiger partial charge in [0.1, 0.15) is 6.07 Å². The lowest BCUT2D eigenvalue weighted by molar-refractivity contribution is 0.800. The summed E-state index contributed by atoms with van der Waals surface area (Å²) in [7, 11) is 0. The van der Waals surface area contributed by atoms with Gasteiger partial charge >= 0.3 is 0 Å². The first kappa shape index (κ1) is 8.45. The molecule has 0 atom stereocenters. The fourth-order valence-electron chi connectivity index (χ4n) is 1.33. The highest BCUT2D eigenvalue weighted by Crippen LogP contribution is 2.15. The lowest BCUT2D eigenvalue weighted by Gasteiger charge is -2.04. The van der Waals surface area contributed by atoms with Gasteiger partial charge in [-0.3, -0.25) is 0 Å². The molecular weight excluding hydrogens is 176 g/mol. The molecular formula is C10H8N4. The Morgan fingerprint density at radius 2 is 2.29 bits per heavy atom. The molecule has 0 radical (unpaired) electrons. The summed E-state index contributed by atoms with van der Waals surface area (Å²) in [6.45, 7) is 1.90. The van der Waals surface area contributed by atoms with Gasteiger partial charge in [-0.05, 0) is 18.6 Å². The summed E-state index contributed by atoms with van der Waals surface area (Å²) in [6.07, 6.45) is 3.30. The van der Waals surface area contributed by atoms with Crippen LogP contribution in [-0.4, -0.2) is 15.0 Å². The summed E-state index contributed by atoms with van der Waals surface area (Å²) in [5.41, 5.74) is 2.35. The van der Waals surface area contributed by atoms with Gasteiger partial charge in [0, 0.05) is 0 Å². The molecule has 0 amide bonds. The van der Waals surface area contributed by atoms with Crippen molar-refractivity contribution in [1.29, 1.82) is 5.26 Å². The third-order valence-corrected chi connectivity index (χ3v) is 2.03. The van der Waals surface area contributed by atoms with Crippen LogP contribution in [0.25, 0.3) is 5.69 Å². The zero-order valence-corrected chi connectivity index (χ0v) is 7.68. The number of aromatic nitrogens is 3. The molecule has 4 nitrogen and oxygen atoms in total. The van der Waals surface area contributed by atoms with Crippen LogP contribution in [-0.2, 0) is 0 Å². The van der Waals surface area contributed by atoms with Gasteiger partial charge in [0.15, 0.2) is 0 Å². The minimum Gasteiger partial charge on any atom is -0.219 e. The molecule has 14 heavy (non-hydrogen) atoms. The Balaban J connectivity index is 2.66. The SMILES string of the molecule is Cc1cccc(-n2ccnn2)c1C#N. The maximum Gasteiger partial charge on any atom is 0.102 e. The molecule has 2 rings (SSSR count). The first-order valence-electron chi connectivity index (χ1n) is 4.19. The van der Waals surface area contributed by atoms with Crippen molar-refractivity contribution < 1.29 is 0 Å². The topological polar surface area (TPSA) is 54.5 Å². The number of rotatable bonds is 1. The fourth-order valence-corrected chi connectivity index (χ4v) is 1.33. The second kappa shape index (κ2) is 3.30. The quantitative estimate of drug-likeness (QED) is 0.674. The van der Waals surface area contributed by atoms with Gasteiger partial charge in [-0.1, -0.05) is 17.3 Å². The fraction of sp³-hybridized carbons (Fsp3) is 0.100. The zero-order chi connectivity index (χ0) is 9.97. The van der Waals surface area contributed by atoms with Gasteiger partial charge in [0.2, 0.25) is 0 Å². The molecule has 0 N–H and O–H groups in total. The Bertz CT molecular complexity index is 479. The molecule has 4 heteroatoms. The van der Waals surface area contributed by atoms with Gasteiger partial charge in [0.25, 0.3) is 0 Å². The lowest BCUT2D eigenvalue weighted by Crippen LogP contribution is -1.99. The maximum atomic E-state index is 8.99. The van der Waals surface area contributed by atoms with Gasteiger partial charge in [-0.15, -0.1) is 5.10 Å². The van der Waals surface area contributed by atoms with Crippen LogP contribution in [0.3, 0.4) is 0 Å². The van der Waals surface area contributed by atoms with Crippen LogP contribution in [0.5, 0.6) is 0 Å². The van der Waals surface area contributed by atoms with Crippen molar-refractivity contribution in [3.8, 4) is 11.8 Å². The van der Waals surface area contributed by atoms with Crippen molar-refractivity contribution in [3.63, 3.8) is 0 Å². The van der Waals surface area contributed by atoms with Gasteiger partial charge < -0.3 is 0 Å². The minimum atomic E-state index is 0.637. The number of benzene rings is 1. The molecule has 68 valence electrons. The van der Waals surface area contributed by atoms with Gasteiger partial charge in [0.05, 0.1) is 23.6 Å². The number of nitrogens with zero attached hydrogens (tertiary/aromatic N) is 4. The van der Waals surface area contributed by atoms with Crippen LogP contribution < -0.4 is 0 Å². The van der Waals surface area contributed by atoms with Crippen molar-refractivity contribution in [2.45, 2.75) is 6.92 Å². The average molecular weight is 184 g/mol. The lowest BCUT2D eigenvalue weighted by atomic mass is 10.1. The van der Waals surface area contributed by atoms with Gasteiger partial charge in [-0.25, -0.2) is 4.68 Å². The normalized spacial score (nSPS) is 9.71. The molecule has 0 fully saturated rings. The second-order valence-electron chi connectivity index (χ2n) is 2.93. The standard InChI is InChI=1S/C10H8N4/c1-8-3-2-4-10(9(8)7-11)14-6-5-12-13-14/h2-6H,1H3. The molecule has 1 aromatic carbocycles. The third-order valence-electron chi connectivity index (χ3n) is 2.03. The molecule has 2 aromatic rings. The first-order valence-corrected chi connectivity index (χ1v) is 4.19. The van der Waals surface area contributed by atoms with Crippen molar-refractivity contribution in [2.75, 3.05) is 0 Å². The van der Waals surface area contributed by atoms with E-state index in [1.165, 1.54) is 0 Å². The van der Waals surface area contributed by atoms with E-state index in [0.717, 1.165) is 11.3 Å². The van der Waals surface area contributed by atoms with E-state index >= 15 is 0 Å². The van der Waals surface area contributed by atoms with Crippen molar-refractivity contribution in [1.82, 2.24) is 15.0 Å².